The highest BCUT2D eigenvalue weighted by Crippen LogP contribution is 2.45. The molecule has 0 fully saturated rings. The number of fused-ring (bicyclic) bond motifs is 3. The SMILES string of the molecule is CCC1c2nn(C)nc2-c2ccnc(Cl)c2N1C. The number of aromatic nitrogens is 4. The van der Waals surface area contributed by atoms with Gasteiger partial charge in [0.2, 0.25) is 0 Å². The number of hydrogen-bond donors (Lipinski definition) is 0. The highest BCUT2D eigenvalue weighted by atomic mass is 35.5. The van der Waals surface area contributed by atoms with E-state index >= 15 is 0 Å². The third kappa shape index (κ3) is 1.43. The number of halogens is 1. The van der Waals surface area contributed by atoms with Gasteiger partial charge < -0.3 is 4.90 Å². The average molecular weight is 264 g/mol. The van der Waals surface area contributed by atoms with Crippen molar-refractivity contribution in [1.82, 2.24) is 20.0 Å². The summed E-state index contributed by atoms with van der Waals surface area (Å²) >= 11 is 6.22. The van der Waals surface area contributed by atoms with E-state index in [1.54, 1.807) is 11.0 Å². The Kier molecular flexibility index (Phi) is 2.52. The van der Waals surface area contributed by atoms with Gasteiger partial charge in [0.1, 0.15) is 11.4 Å². The second-order valence-electron chi connectivity index (χ2n) is 4.46. The van der Waals surface area contributed by atoms with Gasteiger partial charge in [0, 0.05) is 25.9 Å². The number of pyridine rings is 1. The molecule has 0 spiro atoms. The van der Waals surface area contributed by atoms with E-state index in [0.717, 1.165) is 29.1 Å². The van der Waals surface area contributed by atoms with E-state index in [-0.39, 0.29) is 6.04 Å². The van der Waals surface area contributed by atoms with Gasteiger partial charge in [0.15, 0.2) is 5.15 Å². The van der Waals surface area contributed by atoms with Gasteiger partial charge in [-0.3, -0.25) is 0 Å². The van der Waals surface area contributed by atoms with Gasteiger partial charge >= 0.3 is 0 Å². The smallest absolute Gasteiger partial charge is 0.152 e. The summed E-state index contributed by atoms with van der Waals surface area (Å²) in [6, 6.07) is 2.14. The van der Waals surface area contributed by atoms with Gasteiger partial charge in [0.05, 0.1) is 11.7 Å². The lowest BCUT2D eigenvalue weighted by molar-refractivity contribution is 0.592. The summed E-state index contributed by atoms with van der Waals surface area (Å²) in [7, 11) is 3.87. The minimum atomic E-state index is 0.197. The van der Waals surface area contributed by atoms with Crippen LogP contribution in [0.3, 0.4) is 0 Å². The first kappa shape index (κ1) is 11.5. The Morgan fingerprint density at radius 2 is 2.11 bits per heavy atom. The van der Waals surface area contributed by atoms with Crippen molar-refractivity contribution in [1.29, 1.82) is 0 Å². The summed E-state index contributed by atoms with van der Waals surface area (Å²) in [4.78, 5) is 7.92. The van der Waals surface area contributed by atoms with Crippen LogP contribution in [0.4, 0.5) is 5.69 Å². The second-order valence-corrected chi connectivity index (χ2v) is 4.81. The van der Waals surface area contributed by atoms with Crippen molar-refractivity contribution >= 4 is 17.3 Å². The van der Waals surface area contributed by atoms with E-state index in [1.807, 2.05) is 20.2 Å². The van der Waals surface area contributed by atoms with Gasteiger partial charge in [-0.05, 0) is 12.5 Å². The zero-order valence-electron chi connectivity index (χ0n) is 10.6. The summed E-state index contributed by atoms with van der Waals surface area (Å²) in [5.74, 6) is 0. The number of aryl methyl sites for hydroxylation is 1. The van der Waals surface area contributed by atoms with E-state index < -0.39 is 0 Å². The van der Waals surface area contributed by atoms with Crippen LogP contribution in [0.15, 0.2) is 12.3 Å². The fraction of sp³-hybridized carbons (Fsp3) is 0.417. The molecule has 0 aliphatic carbocycles. The van der Waals surface area contributed by atoms with Crippen LogP contribution in [0, 0.1) is 0 Å². The van der Waals surface area contributed by atoms with Crippen molar-refractivity contribution in [2.24, 2.45) is 7.05 Å². The van der Waals surface area contributed by atoms with E-state index in [1.165, 1.54) is 0 Å². The second kappa shape index (κ2) is 3.95. The Morgan fingerprint density at radius 1 is 1.33 bits per heavy atom. The van der Waals surface area contributed by atoms with Crippen LogP contribution in [0.25, 0.3) is 11.3 Å². The fourth-order valence-corrected chi connectivity index (χ4v) is 2.89. The fourth-order valence-electron chi connectivity index (χ4n) is 2.60. The Bertz CT molecular complexity index is 607. The van der Waals surface area contributed by atoms with Crippen molar-refractivity contribution in [2.45, 2.75) is 19.4 Å². The standard InChI is InChI=1S/C12H14ClN5/c1-4-8-10-9(15-18(3)16-10)7-5-6-14-12(13)11(7)17(8)2/h5-6,8H,4H2,1-3H3. The first-order valence-corrected chi connectivity index (χ1v) is 6.30. The summed E-state index contributed by atoms with van der Waals surface area (Å²) in [5.41, 5.74) is 3.88. The summed E-state index contributed by atoms with van der Waals surface area (Å²) in [5, 5.41) is 9.46. The van der Waals surface area contributed by atoms with Gasteiger partial charge in [-0.15, -0.1) is 0 Å². The predicted octanol–water partition coefficient (Wildman–Crippen LogP) is 2.43. The molecule has 3 heterocycles. The van der Waals surface area contributed by atoms with Gasteiger partial charge in [-0.25, -0.2) is 4.98 Å². The van der Waals surface area contributed by atoms with Crippen LogP contribution in [0.5, 0.6) is 0 Å². The largest absolute Gasteiger partial charge is 0.363 e. The normalized spacial score (nSPS) is 17.6. The Hall–Kier alpha value is -1.62. The average Bonchev–Trinajstić information content (AvgIpc) is 2.71. The lowest BCUT2D eigenvalue weighted by Crippen LogP contribution is -2.28. The minimum absolute atomic E-state index is 0.197. The monoisotopic (exact) mass is 263 g/mol. The van der Waals surface area contributed by atoms with Crippen molar-refractivity contribution in [3.8, 4) is 11.3 Å². The maximum absolute atomic E-state index is 6.22. The summed E-state index contributed by atoms with van der Waals surface area (Å²) in [6.45, 7) is 2.13. The molecule has 0 bridgehead atoms. The van der Waals surface area contributed by atoms with Crippen molar-refractivity contribution in [3.05, 3.63) is 23.1 Å². The first-order valence-electron chi connectivity index (χ1n) is 5.92. The van der Waals surface area contributed by atoms with Crippen molar-refractivity contribution in [2.75, 3.05) is 11.9 Å². The number of hydrogen-bond acceptors (Lipinski definition) is 4. The molecule has 0 aromatic carbocycles. The van der Waals surface area contributed by atoms with Crippen LogP contribution in [-0.4, -0.2) is 27.0 Å². The Morgan fingerprint density at radius 3 is 2.83 bits per heavy atom. The lowest BCUT2D eigenvalue weighted by atomic mass is 9.97. The van der Waals surface area contributed by atoms with E-state index in [4.69, 9.17) is 11.6 Å². The van der Waals surface area contributed by atoms with E-state index in [0.29, 0.717) is 5.15 Å². The Balaban J connectivity index is 2.32. The van der Waals surface area contributed by atoms with Crippen molar-refractivity contribution in [3.63, 3.8) is 0 Å². The summed E-state index contributed by atoms with van der Waals surface area (Å²) < 4.78 is 0. The quantitative estimate of drug-likeness (QED) is 0.742. The number of nitrogens with zero attached hydrogens (tertiary/aromatic N) is 5. The highest BCUT2D eigenvalue weighted by Gasteiger charge is 2.33. The molecule has 3 rings (SSSR count). The number of anilines is 1. The molecule has 1 atom stereocenters. The van der Waals surface area contributed by atoms with E-state index in [2.05, 4.69) is 27.0 Å². The lowest BCUT2D eigenvalue weighted by Gasteiger charge is -2.33. The molecule has 0 saturated carbocycles. The van der Waals surface area contributed by atoms with Crippen LogP contribution >= 0.6 is 11.6 Å². The molecular weight excluding hydrogens is 250 g/mol. The molecular formula is C12H14ClN5. The topological polar surface area (TPSA) is 46.8 Å². The Labute approximate surface area is 110 Å². The third-order valence-corrected chi connectivity index (χ3v) is 3.67. The van der Waals surface area contributed by atoms with Crippen LogP contribution in [0.1, 0.15) is 25.1 Å². The first-order chi connectivity index (χ1) is 8.63. The zero-order chi connectivity index (χ0) is 12.9. The molecule has 94 valence electrons. The van der Waals surface area contributed by atoms with Crippen LogP contribution in [0.2, 0.25) is 5.15 Å². The molecule has 6 heteroatoms. The van der Waals surface area contributed by atoms with E-state index in [9.17, 15) is 0 Å². The van der Waals surface area contributed by atoms with Gasteiger partial charge in [-0.1, -0.05) is 18.5 Å². The minimum Gasteiger partial charge on any atom is -0.363 e. The third-order valence-electron chi connectivity index (χ3n) is 3.40. The number of rotatable bonds is 1. The molecule has 18 heavy (non-hydrogen) atoms. The maximum Gasteiger partial charge on any atom is 0.152 e. The van der Waals surface area contributed by atoms with Crippen molar-refractivity contribution < 1.29 is 0 Å². The maximum atomic E-state index is 6.22. The molecule has 1 aliphatic rings. The van der Waals surface area contributed by atoms with Crippen LogP contribution < -0.4 is 4.90 Å². The molecule has 5 nitrogen and oxygen atoms in total. The molecule has 2 aromatic heterocycles. The molecule has 1 unspecified atom stereocenters. The summed E-state index contributed by atoms with van der Waals surface area (Å²) in [6.07, 6.45) is 2.66. The molecule has 1 aliphatic heterocycles. The van der Waals surface area contributed by atoms with Gasteiger partial charge in [-0.2, -0.15) is 15.0 Å². The van der Waals surface area contributed by atoms with Crippen LogP contribution in [-0.2, 0) is 7.05 Å². The highest BCUT2D eigenvalue weighted by molar-refractivity contribution is 6.32. The predicted molar refractivity (Wildman–Crippen MR) is 70.7 cm³/mol. The zero-order valence-corrected chi connectivity index (χ0v) is 11.3. The molecule has 0 radical (unpaired) electrons. The molecule has 0 saturated heterocycles. The van der Waals surface area contributed by atoms with Gasteiger partial charge in [0.25, 0.3) is 0 Å². The molecule has 0 amide bonds. The molecule has 2 aromatic rings. The molecule has 0 N–H and O–H groups in total.